The van der Waals surface area contributed by atoms with E-state index in [-0.39, 0.29) is 36.5 Å². The van der Waals surface area contributed by atoms with Gasteiger partial charge in [0.25, 0.3) is 5.56 Å². The number of nitrogens with zero attached hydrogens (tertiary/aromatic N) is 2. The second-order valence-electron chi connectivity index (χ2n) is 5.48. The highest BCUT2D eigenvalue weighted by Gasteiger charge is 2.15. The maximum Gasteiger partial charge on any atom is 0.263 e. The lowest BCUT2D eigenvalue weighted by molar-refractivity contribution is -0.121. The summed E-state index contributed by atoms with van der Waals surface area (Å²) in [7, 11) is 1.84. The second kappa shape index (κ2) is 8.57. The molecule has 0 aliphatic heterocycles. The van der Waals surface area contributed by atoms with Gasteiger partial charge in [-0.1, -0.05) is 6.07 Å². The monoisotopic (exact) mass is 398 g/mol. The van der Waals surface area contributed by atoms with Crippen LogP contribution in [-0.2, 0) is 11.3 Å². The Bertz CT molecular complexity index is 905. The molecular formula is C16H19ClN4O2S2. The molecule has 3 aromatic heterocycles. The van der Waals surface area contributed by atoms with E-state index in [2.05, 4.69) is 15.6 Å². The number of hydrogen-bond acceptors (Lipinski definition) is 6. The van der Waals surface area contributed by atoms with E-state index in [1.54, 1.807) is 11.3 Å². The molecule has 0 radical (unpaired) electrons. The van der Waals surface area contributed by atoms with Gasteiger partial charge in [0.05, 0.1) is 11.7 Å². The van der Waals surface area contributed by atoms with Crippen LogP contribution in [0.2, 0.25) is 0 Å². The van der Waals surface area contributed by atoms with Gasteiger partial charge in [-0.15, -0.1) is 35.1 Å². The van der Waals surface area contributed by atoms with Crippen molar-refractivity contribution in [1.29, 1.82) is 0 Å². The number of rotatable bonds is 6. The van der Waals surface area contributed by atoms with Gasteiger partial charge in [-0.05, 0) is 25.4 Å². The average Bonchev–Trinajstić information content (AvgIpc) is 3.24. The molecule has 0 fully saturated rings. The molecular weight excluding hydrogens is 380 g/mol. The summed E-state index contributed by atoms with van der Waals surface area (Å²) in [6.07, 6.45) is 1.44. The number of amides is 1. The summed E-state index contributed by atoms with van der Waals surface area (Å²) >= 11 is 3.03. The van der Waals surface area contributed by atoms with Crippen molar-refractivity contribution in [1.82, 2.24) is 20.2 Å². The van der Waals surface area contributed by atoms with E-state index < -0.39 is 0 Å². The van der Waals surface area contributed by atoms with Crippen LogP contribution in [0, 0.1) is 0 Å². The third-order valence-corrected chi connectivity index (χ3v) is 5.55. The molecule has 134 valence electrons. The van der Waals surface area contributed by atoms with E-state index in [9.17, 15) is 9.59 Å². The van der Waals surface area contributed by atoms with E-state index >= 15 is 0 Å². The Morgan fingerprint density at radius 3 is 2.88 bits per heavy atom. The number of fused-ring (bicyclic) bond motifs is 1. The standard InChI is InChI=1S/C16H18N4O2S2.ClH/c1-10(17-2)6-18-13(21)7-20-9-19-15-14(16(20)22)11(8-24-15)12-4-3-5-23-12;/h3-5,8-10,17H,6-7H2,1-2H3,(H,18,21);1H. The molecule has 2 N–H and O–H groups in total. The fraction of sp³-hybridized carbons (Fsp3) is 0.312. The van der Waals surface area contributed by atoms with E-state index in [0.29, 0.717) is 16.8 Å². The third kappa shape index (κ3) is 4.27. The van der Waals surface area contributed by atoms with Gasteiger partial charge in [-0.2, -0.15) is 0 Å². The van der Waals surface area contributed by atoms with Crippen molar-refractivity contribution >= 4 is 51.2 Å². The van der Waals surface area contributed by atoms with Crippen LogP contribution in [0.15, 0.2) is 34.0 Å². The maximum atomic E-state index is 12.8. The van der Waals surface area contributed by atoms with Gasteiger partial charge < -0.3 is 10.6 Å². The van der Waals surface area contributed by atoms with Crippen LogP contribution in [0.25, 0.3) is 20.7 Å². The first kappa shape index (κ1) is 19.6. The normalized spacial score (nSPS) is 11.9. The van der Waals surface area contributed by atoms with Gasteiger partial charge in [0.1, 0.15) is 11.4 Å². The summed E-state index contributed by atoms with van der Waals surface area (Å²) in [6.45, 7) is 2.45. The Morgan fingerprint density at radius 2 is 2.20 bits per heavy atom. The van der Waals surface area contributed by atoms with Gasteiger partial charge in [0.15, 0.2) is 0 Å². The van der Waals surface area contributed by atoms with Crippen molar-refractivity contribution in [2.45, 2.75) is 19.5 Å². The van der Waals surface area contributed by atoms with Gasteiger partial charge in [0, 0.05) is 28.4 Å². The zero-order valence-electron chi connectivity index (χ0n) is 13.8. The predicted octanol–water partition coefficient (Wildman–Crippen LogP) is 2.33. The molecule has 25 heavy (non-hydrogen) atoms. The lowest BCUT2D eigenvalue weighted by Crippen LogP contribution is -2.39. The minimum Gasteiger partial charge on any atom is -0.353 e. The van der Waals surface area contributed by atoms with E-state index in [4.69, 9.17) is 0 Å². The number of halogens is 1. The topological polar surface area (TPSA) is 76.0 Å². The van der Waals surface area contributed by atoms with Crippen molar-refractivity contribution in [2.75, 3.05) is 13.6 Å². The summed E-state index contributed by atoms with van der Waals surface area (Å²) < 4.78 is 1.37. The molecule has 0 aromatic carbocycles. The number of hydrogen-bond donors (Lipinski definition) is 2. The number of thiophene rings is 2. The summed E-state index contributed by atoms with van der Waals surface area (Å²) in [6, 6.07) is 4.11. The van der Waals surface area contributed by atoms with Gasteiger partial charge in [0.2, 0.25) is 5.91 Å². The third-order valence-electron chi connectivity index (χ3n) is 3.76. The Hall–Kier alpha value is -1.74. The maximum absolute atomic E-state index is 12.8. The molecule has 0 spiro atoms. The number of likely N-dealkylation sites (N-methyl/N-ethyl adjacent to an activating group) is 1. The average molecular weight is 399 g/mol. The molecule has 3 rings (SSSR count). The molecule has 0 saturated carbocycles. The molecule has 0 aliphatic rings. The highest BCUT2D eigenvalue weighted by atomic mass is 35.5. The summed E-state index contributed by atoms with van der Waals surface area (Å²) in [5, 5.41) is 10.4. The number of nitrogens with one attached hydrogen (secondary N) is 2. The first-order valence-corrected chi connectivity index (χ1v) is 9.30. The number of carbonyl (C=O) groups excluding carboxylic acids is 1. The fourth-order valence-electron chi connectivity index (χ4n) is 2.27. The van der Waals surface area contributed by atoms with Crippen molar-refractivity contribution < 1.29 is 4.79 Å². The van der Waals surface area contributed by atoms with Crippen molar-refractivity contribution in [2.24, 2.45) is 0 Å². The van der Waals surface area contributed by atoms with Crippen LogP contribution in [0.3, 0.4) is 0 Å². The SMILES string of the molecule is CNC(C)CNC(=O)Cn1cnc2scc(-c3cccs3)c2c1=O.Cl. The molecule has 6 nitrogen and oxygen atoms in total. The fourth-order valence-corrected chi connectivity index (χ4v) is 3.99. The quantitative estimate of drug-likeness (QED) is 0.668. The van der Waals surface area contributed by atoms with Crippen molar-refractivity contribution in [3.05, 3.63) is 39.6 Å². The lowest BCUT2D eigenvalue weighted by atomic mass is 10.2. The number of aromatic nitrogens is 2. The Balaban J connectivity index is 0.00000225. The first-order valence-electron chi connectivity index (χ1n) is 7.54. The molecule has 0 aliphatic carbocycles. The zero-order chi connectivity index (χ0) is 17.1. The molecule has 3 heterocycles. The minimum absolute atomic E-state index is 0. The smallest absolute Gasteiger partial charge is 0.263 e. The van der Waals surface area contributed by atoms with Crippen molar-refractivity contribution in [3.8, 4) is 10.4 Å². The molecule has 1 atom stereocenters. The highest BCUT2D eigenvalue weighted by molar-refractivity contribution is 7.18. The van der Waals surface area contributed by atoms with Crippen LogP contribution < -0.4 is 16.2 Å². The van der Waals surface area contributed by atoms with Crippen LogP contribution in [0.5, 0.6) is 0 Å². The largest absolute Gasteiger partial charge is 0.353 e. The lowest BCUT2D eigenvalue weighted by Gasteiger charge is -2.12. The van der Waals surface area contributed by atoms with E-state index in [1.807, 2.05) is 36.9 Å². The molecule has 0 saturated heterocycles. The first-order chi connectivity index (χ1) is 11.6. The summed E-state index contributed by atoms with van der Waals surface area (Å²) in [5.41, 5.74) is 0.711. The van der Waals surface area contributed by atoms with Crippen LogP contribution in [0.1, 0.15) is 6.92 Å². The molecule has 1 amide bonds. The minimum atomic E-state index is -0.201. The summed E-state index contributed by atoms with van der Waals surface area (Å²) in [4.78, 5) is 30.9. The Morgan fingerprint density at radius 1 is 1.40 bits per heavy atom. The van der Waals surface area contributed by atoms with Gasteiger partial charge in [-0.25, -0.2) is 4.98 Å². The highest BCUT2D eigenvalue weighted by Crippen LogP contribution is 2.33. The molecule has 9 heteroatoms. The second-order valence-corrected chi connectivity index (χ2v) is 7.28. The molecule has 3 aromatic rings. The van der Waals surface area contributed by atoms with Gasteiger partial charge in [-0.3, -0.25) is 14.2 Å². The van der Waals surface area contributed by atoms with Crippen molar-refractivity contribution in [3.63, 3.8) is 0 Å². The number of carbonyl (C=O) groups is 1. The van der Waals surface area contributed by atoms with Crippen LogP contribution in [-0.4, -0.2) is 35.1 Å². The Kier molecular flexibility index (Phi) is 6.71. The van der Waals surface area contributed by atoms with E-state index in [0.717, 1.165) is 10.4 Å². The molecule has 1 unspecified atom stereocenters. The van der Waals surface area contributed by atoms with Gasteiger partial charge >= 0.3 is 0 Å². The Labute approximate surface area is 159 Å². The van der Waals surface area contributed by atoms with Crippen LogP contribution >= 0.6 is 35.1 Å². The zero-order valence-corrected chi connectivity index (χ0v) is 16.3. The molecule has 0 bridgehead atoms. The predicted molar refractivity (Wildman–Crippen MR) is 106 cm³/mol. The van der Waals surface area contributed by atoms with Crippen LogP contribution in [0.4, 0.5) is 0 Å². The van der Waals surface area contributed by atoms with E-state index in [1.165, 1.54) is 22.2 Å². The summed E-state index contributed by atoms with van der Waals surface area (Å²) in [5.74, 6) is -0.201.